The highest BCUT2D eigenvalue weighted by Crippen LogP contribution is 2.44. The lowest BCUT2D eigenvalue weighted by molar-refractivity contribution is -0.141. The normalized spacial score (nSPS) is 31.2. The molecule has 0 spiro atoms. The lowest BCUT2D eigenvalue weighted by atomic mass is 9.74. The minimum absolute atomic E-state index is 0.0143. The number of esters is 1. The van der Waals surface area contributed by atoms with Crippen LogP contribution in [0.2, 0.25) is 0 Å². The summed E-state index contributed by atoms with van der Waals surface area (Å²) in [5.41, 5.74) is 1.16. The van der Waals surface area contributed by atoms with Gasteiger partial charge < -0.3 is 14.2 Å². The molecule has 0 bridgehead atoms. The first-order valence-corrected chi connectivity index (χ1v) is 6.56. The second kappa shape index (κ2) is 4.02. The van der Waals surface area contributed by atoms with Crippen molar-refractivity contribution in [2.24, 2.45) is 11.8 Å². The molecular formula is C15H14O4. The molecular weight excluding hydrogens is 244 g/mol. The molecule has 98 valence electrons. The van der Waals surface area contributed by atoms with Crippen molar-refractivity contribution in [3.63, 3.8) is 0 Å². The zero-order valence-electron chi connectivity index (χ0n) is 10.4. The van der Waals surface area contributed by atoms with Gasteiger partial charge in [0.15, 0.2) is 11.5 Å². The summed E-state index contributed by atoms with van der Waals surface area (Å²) in [4.78, 5) is 11.7. The Morgan fingerprint density at radius 3 is 2.95 bits per heavy atom. The highest BCUT2D eigenvalue weighted by Gasteiger charge is 2.42. The second-order valence-electron chi connectivity index (χ2n) is 5.20. The Hall–Kier alpha value is -1.97. The van der Waals surface area contributed by atoms with Gasteiger partial charge in [-0.2, -0.15) is 0 Å². The first kappa shape index (κ1) is 10.9. The third kappa shape index (κ3) is 1.63. The number of ether oxygens (including phenoxy) is 3. The summed E-state index contributed by atoms with van der Waals surface area (Å²) in [6.07, 6.45) is 5.06. The number of carbonyl (C=O) groups is 1. The summed E-state index contributed by atoms with van der Waals surface area (Å²) in [6, 6.07) is 6.00. The van der Waals surface area contributed by atoms with Gasteiger partial charge in [0.25, 0.3) is 0 Å². The van der Waals surface area contributed by atoms with Crippen molar-refractivity contribution in [2.75, 3.05) is 13.4 Å². The predicted molar refractivity (Wildman–Crippen MR) is 67.0 cm³/mol. The van der Waals surface area contributed by atoms with E-state index in [0.717, 1.165) is 23.5 Å². The van der Waals surface area contributed by atoms with Crippen LogP contribution in [0.5, 0.6) is 11.5 Å². The van der Waals surface area contributed by atoms with Crippen LogP contribution in [0.1, 0.15) is 17.9 Å². The van der Waals surface area contributed by atoms with Gasteiger partial charge in [0.05, 0.1) is 12.5 Å². The highest BCUT2D eigenvalue weighted by molar-refractivity contribution is 5.75. The number of fused-ring (bicyclic) bond motifs is 2. The molecule has 4 rings (SSSR count). The van der Waals surface area contributed by atoms with Crippen molar-refractivity contribution in [3.8, 4) is 11.5 Å². The van der Waals surface area contributed by atoms with E-state index >= 15 is 0 Å². The van der Waals surface area contributed by atoms with E-state index < -0.39 is 0 Å². The zero-order chi connectivity index (χ0) is 12.8. The fourth-order valence-electron chi connectivity index (χ4n) is 3.19. The largest absolute Gasteiger partial charge is 0.465 e. The summed E-state index contributed by atoms with van der Waals surface area (Å²) in [6.45, 7) is 0.805. The summed E-state index contributed by atoms with van der Waals surface area (Å²) < 4.78 is 16.0. The molecule has 1 saturated heterocycles. The topological polar surface area (TPSA) is 44.8 Å². The number of hydrogen-bond donors (Lipinski definition) is 0. The Kier molecular flexibility index (Phi) is 2.31. The van der Waals surface area contributed by atoms with Gasteiger partial charge in [0, 0.05) is 11.8 Å². The predicted octanol–water partition coefficient (Wildman–Crippen LogP) is 2.25. The molecule has 2 heterocycles. The van der Waals surface area contributed by atoms with Crippen molar-refractivity contribution in [1.82, 2.24) is 0 Å². The van der Waals surface area contributed by atoms with Crippen LogP contribution in [-0.2, 0) is 9.53 Å². The first-order chi connectivity index (χ1) is 9.33. The molecule has 4 nitrogen and oxygen atoms in total. The van der Waals surface area contributed by atoms with Crippen molar-refractivity contribution >= 4 is 5.97 Å². The second-order valence-corrected chi connectivity index (χ2v) is 5.20. The molecule has 3 atom stereocenters. The molecule has 0 saturated carbocycles. The van der Waals surface area contributed by atoms with Crippen LogP contribution in [0.4, 0.5) is 0 Å². The van der Waals surface area contributed by atoms with Crippen LogP contribution < -0.4 is 9.47 Å². The van der Waals surface area contributed by atoms with Crippen LogP contribution in [0.25, 0.3) is 0 Å². The molecule has 0 N–H and O–H groups in total. The average Bonchev–Trinajstić information content (AvgIpc) is 3.05. The summed E-state index contributed by atoms with van der Waals surface area (Å²) in [7, 11) is 0. The van der Waals surface area contributed by atoms with Crippen LogP contribution in [-0.4, -0.2) is 19.4 Å². The van der Waals surface area contributed by atoms with Gasteiger partial charge in [-0.05, 0) is 24.1 Å². The minimum atomic E-state index is -0.0555. The number of carbonyl (C=O) groups excluding carboxylic acids is 1. The zero-order valence-corrected chi connectivity index (χ0v) is 10.4. The van der Waals surface area contributed by atoms with Crippen LogP contribution in [0, 0.1) is 11.8 Å². The molecule has 19 heavy (non-hydrogen) atoms. The fraction of sp³-hybridized carbons (Fsp3) is 0.400. The van der Waals surface area contributed by atoms with Crippen LogP contribution >= 0.6 is 0 Å². The molecule has 4 heteroatoms. The molecule has 2 aliphatic heterocycles. The number of cyclic esters (lactones) is 1. The van der Waals surface area contributed by atoms with E-state index in [4.69, 9.17) is 14.2 Å². The van der Waals surface area contributed by atoms with Crippen molar-refractivity contribution < 1.29 is 19.0 Å². The van der Waals surface area contributed by atoms with Crippen LogP contribution in [0.3, 0.4) is 0 Å². The fourth-order valence-corrected chi connectivity index (χ4v) is 3.19. The summed E-state index contributed by atoms with van der Waals surface area (Å²) in [5, 5.41) is 0. The van der Waals surface area contributed by atoms with E-state index in [9.17, 15) is 4.79 Å². The van der Waals surface area contributed by atoms with E-state index in [-0.39, 0.29) is 30.5 Å². The van der Waals surface area contributed by atoms with E-state index in [1.54, 1.807) is 0 Å². The SMILES string of the molecule is O=C1OC[C@H]2[C@@H]1CC=C[C@@H]2c1ccc2c(c1)OCO2. The Morgan fingerprint density at radius 1 is 1.11 bits per heavy atom. The summed E-state index contributed by atoms with van der Waals surface area (Å²) in [5.74, 6) is 2.01. The van der Waals surface area contributed by atoms with Gasteiger partial charge in [-0.3, -0.25) is 4.79 Å². The molecule has 0 radical (unpaired) electrons. The number of benzene rings is 1. The highest BCUT2D eigenvalue weighted by atomic mass is 16.7. The quantitative estimate of drug-likeness (QED) is 0.572. The number of hydrogen-bond acceptors (Lipinski definition) is 4. The Labute approximate surface area is 111 Å². The molecule has 1 fully saturated rings. The van der Waals surface area contributed by atoms with E-state index in [0.29, 0.717) is 6.61 Å². The Bertz CT molecular complexity index is 563. The molecule has 3 aliphatic rings. The number of rotatable bonds is 1. The third-order valence-electron chi connectivity index (χ3n) is 4.21. The van der Waals surface area contributed by atoms with Gasteiger partial charge >= 0.3 is 5.97 Å². The maximum Gasteiger partial charge on any atom is 0.309 e. The van der Waals surface area contributed by atoms with E-state index in [1.807, 2.05) is 18.2 Å². The van der Waals surface area contributed by atoms with Crippen molar-refractivity contribution in [3.05, 3.63) is 35.9 Å². The van der Waals surface area contributed by atoms with Crippen molar-refractivity contribution in [1.29, 1.82) is 0 Å². The lowest BCUT2D eigenvalue weighted by Gasteiger charge is -2.26. The molecule has 1 aromatic rings. The maximum absolute atomic E-state index is 11.7. The molecule has 1 aliphatic carbocycles. The van der Waals surface area contributed by atoms with Gasteiger partial charge in [-0.1, -0.05) is 18.2 Å². The lowest BCUT2D eigenvalue weighted by Crippen LogP contribution is -2.24. The van der Waals surface area contributed by atoms with Crippen LogP contribution in [0.15, 0.2) is 30.4 Å². The van der Waals surface area contributed by atoms with E-state index in [2.05, 4.69) is 12.2 Å². The average molecular weight is 258 g/mol. The smallest absolute Gasteiger partial charge is 0.309 e. The van der Waals surface area contributed by atoms with Gasteiger partial charge in [-0.15, -0.1) is 0 Å². The van der Waals surface area contributed by atoms with Gasteiger partial charge in [0.2, 0.25) is 6.79 Å². The Morgan fingerprint density at radius 2 is 2.00 bits per heavy atom. The molecule has 0 unspecified atom stereocenters. The Balaban J connectivity index is 1.70. The monoisotopic (exact) mass is 258 g/mol. The van der Waals surface area contributed by atoms with Crippen molar-refractivity contribution in [2.45, 2.75) is 12.3 Å². The maximum atomic E-state index is 11.7. The third-order valence-corrected chi connectivity index (χ3v) is 4.21. The molecule has 0 aromatic heterocycles. The number of allylic oxidation sites excluding steroid dienone is 2. The summed E-state index contributed by atoms with van der Waals surface area (Å²) >= 11 is 0. The standard InChI is InChI=1S/C15H14O4/c16-15-11-3-1-2-10(12(11)7-17-15)9-4-5-13-14(6-9)19-8-18-13/h1-2,4-6,10-12H,3,7-8H2/t10-,11+,12-/m1/s1. The van der Waals surface area contributed by atoms with E-state index in [1.165, 1.54) is 0 Å². The molecule has 1 aromatic carbocycles. The van der Waals surface area contributed by atoms with Gasteiger partial charge in [-0.25, -0.2) is 0 Å². The first-order valence-electron chi connectivity index (χ1n) is 6.56. The minimum Gasteiger partial charge on any atom is -0.465 e. The van der Waals surface area contributed by atoms with Gasteiger partial charge in [0.1, 0.15) is 0 Å². The molecule has 0 amide bonds.